The number of anilines is 1. The Balaban J connectivity index is 1.82. The Bertz CT molecular complexity index is 797. The molecule has 0 fully saturated rings. The third-order valence-corrected chi connectivity index (χ3v) is 3.78. The first-order valence-corrected chi connectivity index (χ1v) is 6.96. The molecule has 3 aromatic rings. The molecule has 0 aliphatic carbocycles. The molecule has 1 amide bonds. The molecule has 0 saturated heterocycles. The van der Waals surface area contributed by atoms with Gasteiger partial charge in [0.05, 0.1) is 11.2 Å². The normalized spacial score (nSPS) is 10.6. The zero-order valence-electron chi connectivity index (χ0n) is 11.0. The van der Waals surface area contributed by atoms with E-state index in [0.717, 1.165) is 0 Å². The Morgan fingerprint density at radius 1 is 1.38 bits per heavy atom. The predicted molar refractivity (Wildman–Crippen MR) is 76.7 cm³/mol. The maximum atomic E-state index is 13.6. The molecule has 0 aliphatic heterocycles. The summed E-state index contributed by atoms with van der Waals surface area (Å²) >= 11 is 1.24. The van der Waals surface area contributed by atoms with Crippen LogP contribution in [0.15, 0.2) is 40.4 Å². The Kier molecular flexibility index (Phi) is 3.49. The Morgan fingerprint density at radius 2 is 2.19 bits per heavy atom. The number of halogens is 1. The Morgan fingerprint density at radius 3 is 2.90 bits per heavy atom. The Hall–Kier alpha value is -2.54. The number of amides is 1. The molecular formula is C14H10FN3O2S. The van der Waals surface area contributed by atoms with Gasteiger partial charge in [-0.3, -0.25) is 10.1 Å². The number of benzene rings is 1. The predicted octanol–water partition coefficient (Wildman–Crippen LogP) is 3.50. The van der Waals surface area contributed by atoms with Crippen molar-refractivity contribution in [2.75, 3.05) is 5.32 Å². The van der Waals surface area contributed by atoms with Gasteiger partial charge in [0.2, 0.25) is 5.88 Å². The minimum atomic E-state index is -0.401. The van der Waals surface area contributed by atoms with Crippen molar-refractivity contribution in [1.82, 2.24) is 10.1 Å². The van der Waals surface area contributed by atoms with Crippen molar-refractivity contribution in [3.05, 3.63) is 52.2 Å². The average Bonchev–Trinajstić information content (AvgIpc) is 3.08. The first-order valence-electron chi connectivity index (χ1n) is 6.08. The lowest BCUT2D eigenvalue weighted by molar-refractivity contribution is 0.102. The fraction of sp³-hybridized carbons (Fsp3) is 0.0714. The van der Waals surface area contributed by atoms with Crippen LogP contribution < -0.4 is 5.32 Å². The van der Waals surface area contributed by atoms with Crippen LogP contribution in [0, 0.1) is 12.7 Å². The number of thiazole rings is 1. The van der Waals surface area contributed by atoms with Crippen LogP contribution in [0.25, 0.3) is 11.3 Å². The van der Waals surface area contributed by atoms with Gasteiger partial charge in [-0.25, -0.2) is 9.37 Å². The smallest absolute Gasteiger partial charge is 0.270 e. The van der Waals surface area contributed by atoms with E-state index in [-0.39, 0.29) is 11.8 Å². The van der Waals surface area contributed by atoms with Crippen LogP contribution in [0.4, 0.5) is 10.3 Å². The highest BCUT2D eigenvalue weighted by molar-refractivity contribution is 7.12. The number of carbonyl (C=O) groups excluding carboxylic acids is 1. The molecular weight excluding hydrogens is 293 g/mol. The second-order valence-electron chi connectivity index (χ2n) is 4.28. The van der Waals surface area contributed by atoms with Crippen molar-refractivity contribution in [2.45, 2.75) is 6.92 Å². The van der Waals surface area contributed by atoms with Crippen molar-refractivity contribution in [3.63, 3.8) is 0 Å². The summed E-state index contributed by atoms with van der Waals surface area (Å²) in [7, 11) is 0. The molecule has 0 atom stereocenters. The van der Waals surface area contributed by atoms with Gasteiger partial charge in [0.15, 0.2) is 0 Å². The number of aromatic nitrogens is 2. The quantitative estimate of drug-likeness (QED) is 0.804. The maximum absolute atomic E-state index is 13.6. The molecule has 106 valence electrons. The highest BCUT2D eigenvalue weighted by Gasteiger charge is 2.16. The molecule has 0 saturated carbocycles. The van der Waals surface area contributed by atoms with Crippen molar-refractivity contribution in [1.29, 1.82) is 0 Å². The van der Waals surface area contributed by atoms with Crippen LogP contribution >= 0.6 is 11.3 Å². The monoisotopic (exact) mass is 303 g/mol. The van der Waals surface area contributed by atoms with Gasteiger partial charge in [0.1, 0.15) is 16.4 Å². The molecule has 3 rings (SSSR count). The number of hydrogen-bond donors (Lipinski definition) is 1. The summed E-state index contributed by atoms with van der Waals surface area (Å²) in [6, 6.07) is 7.70. The standard InChI is InChI=1S/C14H10FN3O2S/c1-8-13(21-7-16-8)14(19)17-12-6-11(18-20-12)9-4-2-3-5-10(9)15/h2-7H,1H3,(H,17,19). The van der Waals surface area contributed by atoms with E-state index in [1.165, 1.54) is 23.5 Å². The molecule has 2 heterocycles. The third-order valence-electron chi connectivity index (χ3n) is 2.85. The molecule has 0 aliphatic rings. The van der Waals surface area contributed by atoms with Crippen molar-refractivity contribution >= 4 is 23.1 Å². The van der Waals surface area contributed by atoms with Gasteiger partial charge < -0.3 is 4.52 Å². The van der Waals surface area contributed by atoms with E-state index in [2.05, 4.69) is 15.5 Å². The van der Waals surface area contributed by atoms with Crippen molar-refractivity contribution in [2.24, 2.45) is 0 Å². The molecule has 5 nitrogen and oxygen atoms in total. The number of nitrogens with zero attached hydrogens (tertiary/aromatic N) is 2. The highest BCUT2D eigenvalue weighted by atomic mass is 32.1. The summed E-state index contributed by atoms with van der Waals surface area (Å²) in [5.41, 5.74) is 2.88. The largest absolute Gasteiger partial charge is 0.338 e. The van der Waals surface area contributed by atoms with Crippen LogP contribution in [-0.2, 0) is 0 Å². The van der Waals surface area contributed by atoms with Gasteiger partial charge in [0.25, 0.3) is 5.91 Å². The average molecular weight is 303 g/mol. The Labute approximate surface area is 123 Å². The van der Waals surface area contributed by atoms with Crippen LogP contribution in [-0.4, -0.2) is 16.0 Å². The summed E-state index contributed by atoms with van der Waals surface area (Å²) in [5, 5.41) is 6.34. The first kappa shape index (κ1) is 13.4. The number of aryl methyl sites for hydroxylation is 1. The van der Waals surface area contributed by atoms with E-state index >= 15 is 0 Å². The first-order chi connectivity index (χ1) is 10.1. The molecule has 21 heavy (non-hydrogen) atoms. The summed E-state index contributed by atoms with van der Waals surface area (Å²) in [4.78, 5) is 16.5. The zero-order valence-corrected chi connectivity index (χ0v) is 11.8. The number of nitrogens with one attached hydrogen (secondary N) is 1. The lowest BCUT2D eigenvalue weighted by Gasteiger charge is -1.98. The minimum absolute atomic E-state index is 0.158. The molecule has 7 heteroatoms. The second kappa shape index (κ2) is 5.45. The molecule has 1 N–H and O–H groups in total. The summed E-state index contributed by atoms with van der Waals surface area (Å²) in [6.07, 6.45) is 0. The molecule has 0 unspecified atom stereocenters. The molecule has 2 aromatic heterocycles. The van der Waals surface area contributed by atoms with E-state index < -0.39 is 5.82 Å². The summed E-state index contributed by atoms with van der Waals surface area (Å²) in [6.45, 7) is 1.75. The van der Waals surface area contributed by atoms with Gasteiger partial charge in [-0.1, -0.05) is 17.3 Å². The van der Waals surface area contributed by atoms with Crippen LogP contribution in [0.1, 0.15) is 15.4 Å². The fourth-order valence-corrected chi connectivity index (χ4v) is 2.52. The van der Waals surface area contributed by atoms with Gasteiger partial charge in [-0.05, 0) is 19.1 Å². The van der Waals surface area contributed by atoms with E-state index in [4.69, 9.17) is 4.52 Å². The summed E-state index contributed by atoms with van der Waals surface area (Å²) in [5.74, 6) is -0.570. The van der Waals surface area contributed by atoms with E-state index in [1.807, 2.05) is 0 Å². The number of carbonyl (C=O) groups is 1. The van der Waals surface area contributed by atoms with Crippen LogP contribution in [0.3, 0.4) is 0 Å². The SMILES string of the molecule is Cc1ncsc1C(=O)Nc1cc(-c2ccccc2F)no1. The van der Waals surface area contributed by atoms with Crippen LogP contribution in [0.2, 0.25) is 0 Å². The van der Waals surface area contributed by atoms with Crippen molar-refractivity contribution < 1.29 is 13.7 Å². The van der Waals surface area contributed by atoms with Crippen LogP contribution in [0.5, 0.6) is 0 Å². The van der Waals surface area contributed by atoms with Crippen molar-refractivity contribution in [3.8, 4) is 11.3 Å². The van der Waals surface area contributed by atoms with E-state index in [1.54, 1.807) is 30.6 Å². The molecule has 0 radical (unpaired) electrons. The lowest BCUT2D eigenvalue weighted by Crippen LogP contribution is -2.10. The number of rotatable bonds is 3. The zero-order chi connectivity index (χ0) is 14.8. The lowest BCUT2D eigenvalue weighted by atomic mass is 10.1. The van der Waals surface area contributed by atoms with Gasteiger partial charge in [-0.15, -0.1) is 11.3 Å². The number of hydrogen-bond acceptors (Lipinski definition) is 5. The highest BCUT2D eigenvalue weighted by Crippen LogP contribution is 2.24. The molecule has 0 spiro atoms. The van der Waals surface area contributed by atoms with E-state index in [0.29, 0.717) is 21.8 Å². The topological polar surface area (TPSA) is 68.0 Å². The second-order valence-corrected chi connectivity index (χ2v) is 5.13. The fourth-order valence-electron chi connectivity index (χ4n) is 1.82. The maximum Gasteiger partial charge on any atom is 0.270 e. The minimum Gasteiger partial charge on any atom is -0.338 e. The van der Waals surface area contributed by atoms with Gasteiger partial charge in [0, 0.05) is 11.6 Å². The molecule has 1 aromatic carbocycles. The molecule has 0 bridgehead atoms. The van der Waals surface area contributed by atoms with Gasteiger partial charge >= 0.3 is 0 Å². The van der Waals surface area contributed by atoms with Gasteiger partial charge in [-0.2, -0.15) is 0 Å². The third kappa shape index (κ3) is 2.68. The summed E-state index contributed by atoms with van der Waals surface area (Å²) < 4.78 is 18.7. The van der Waals surface area contributed by atoms with E-state index in [9.17, 15) is 9.18 Å².